The molecule has 2 heterocycles. The molecule has 0 aliphatic carbocycles. The molecule has 2 aliphatic rings. The molecule has 0 spiro atoms. The second-order valence-electron chi connectivity index (χ2n) is 5.72. The minimum Gasteiger partial charge on any atom is -0.433 e. The molecule has 2 saturated heterocycles. The second-order valence-corrected chi connectivity index (χ2v) is 6.13. The van der Waals surface area contributed by atoms with Crippen LogP contribution in [0.25, 0.3) is 0 Å². The van der Waals surface area contributed by atoms with E-state index in [0.29, 0.717) is 12.1 Å². The van der Waals surface area contributed by atoms with Gasteiger partial charge in [0.15, 0.2) is 0 Å². The largest absolute Gasteiger partial charge is 0.433 e. The van der Waals surface area contributed by atoms with E-state index >= 15 is 0 Å². The van der Waals surface area contributed by atoms with Crippen molar-refractivity contribution in [2.24, 2.45) is 0 Å². The average molecular weight is 317 g/mol. The molecule has 0 aromatic heterocycles. The van der Waals surface area contributed by atoms with E-state index < -0.39 is 6.61 Å². The van der Waals surface area contributed by atoms with Gasteiger partial charge in [0.25, 0.3) is 0 Å². The van der Waals surface area contributed by atoms with Crippen molar-refractivity contribution in [1.29, 1.82) is 0 Å². The number of anilines is 1. The zero-order valence-corrected chi connectivity index (χ0v) is 12.5. The van der Waals surface area contributed by atoms with Crippen LogP contribution in [0.4, 0.5) is 14.5 Å². The van der Waals surface area contributed by atoms with Crippen molar-refractivity contribution in [3.8, 4) is 5.75 Å². The maximum absolute atomic E-state index is 12.2. The molecule has 1 aromatic rings. The molecule has 1 N–H and O–H groups in total. The fraction of sp³-hybridized carbons (Fsp3) is 0.600. The van der Waals surface area contributed by atoms with Crippen molar-refractivity contribution in [2.75, 3.05) is 18.4 Å². The molecule has 21 heavy (non-hydrogen) atoms. The lowest BCUT2D eigenvalue weighted by molar-refractivity contribution is -0.0497. The first-order valence-corrected chi connectivity index (χ1v) is 7.74. The summed E-state index contributed by atoms with van der Waals surface area (Å²) in [7, 11) is 0. The summed E-state index contributed by atoms with van der Waals surface area (Å²) >= 11 is 5.97. The molecule has 0 radical (unpaired) electrons. The smallest absolute Gasteiger partial charge is 0.387 e. The molecule has 2 fully saturated rings. The minimum absolute atomic E-state index is 0.0165. The fourth-order valence-electron chi connectivity index (χ4n) is 3.37. The summed E-state index contributed by atoms with van der Waals surface area (Å²) in [6.45, 7) is -0.501. The molecule has 6 heteroatoms. The second kappa shape index (κ2) is 6.36. The van der Waals surface area contributed by atoms with Crippen LogP contribution < -0.4 is 10.1 Å². The van der Waals surface area contributed by atoms with E-state index in [1.807, 2.05) is 0 Å². The van der Waals surface area contributed by atoms with Gasteiger partial charge in [-0.3, -0.25) is 0 Å². The first-order valence-electron chi connectivity index (χ1n) is 7.37. The lowest BCUT2D eigenvalue weighted by Gasteiger charge is -2.35. The molecule has 2 aliphatic heterocycles. The third-order valence-corrected chi connectivity index (χ3v) is 4.63. The van der Waals surface area contributed by atoms with Crippen molar-refractivity contribution >= 4 is 17.3 Å². The van der Waals surface area contributed by atoms with E-state index in [-0.39, 0.29) is 10.8 Å². The normalized spacial score (nSPS) is 25.9. The first-order chi connectivity index (χ1) is 10.1. The summed E-state index contributed by atoms with van der Waals surface area (Å²) in [6.07, 6.45) is 4.80. The van der Waals surface area contributed by atoms with E-state index in [1.165, 1.54) is 25.5 Å². The quantitative estimate of drug-likeness (QED) is 0.909. The van der Waals surface area contributed by atoms with Gasteiger partial charge in [-0.25, -0.2) is 0 Å². The first kappa shape index (κ1) is 14.9. The fourth-order valence-corrected chi connectivity index (χ4v) is 3.60. The van der Waals surface area contributed by atoms with Gasteiger partial charge in [0.05, 0.1) is 5.02 Å². The number of nitrogens with one attached hydrogen (secondary N) is 1. The van der Waals surface area contributed by atoms with Gasteiger partial charge < -0.3 is 15.0 Å². The highest BCUT2D eigenvalue weighted by atomic mass is 35.5. The van der Waals surface area contributed by atoms with Crippen molar-refractivity contribution in [2.45, 2.75) is 44.4 Å². The number of piperidine rings is 1. The van der Waals surface area contributed by atoms with E-state index in [9.17, 15) is 8.78 Å². The standard InChI is InChI=1S/C15H19ClF2N2O/c16-13-9-10(3-4-14(13)21-15(17)18)19-11-5-7-20-6-1-2-12(20)8-11/h3-4,9,11-12,15,19H,1-2,5-8H2. The van der Waals surface area contributed by atoms with Crippen molar-refractivity contribution in [3.63, 3.8) is 0 Å². The van der Waals surface area contributed by atoms with Crippen molar-refractivity contribution in [1.82, 2.24) is 4.90 Å². The van der Waals surface area contributed by atoms with Crippen LogP contribution in [0.15, 0.2) is 18.2 Å². The van der Waals surface area contributed by atoms with Gasteiger partial charge in [-0.15, -0.1) is 0 Å². The van der Waals surface area contributed by atoms with E-state index in [4.69, 9.17) is 11.6 Å². The molecule has 0 saturated carbocycles. The van der Waals surface area contributed by atoms with Gasteiger partial charge in [-0.05, 0) is 50.4 Å². The molecule has 116 valence electrons. The monoisotopic (exact) mass is 316 g/mol. The van der Waals surface area contributed by atoms with Gasteiger partial charge in [0.1, 0.15) is 5.75 Å². The van der Waals surface area contributed by atoms with Gasteiger partial charge in [-0.1, -0.05) is 11.6 Å². The van der Waals surface area contributed by atoms with Crippen molar-refractivity contribution < 1.29 is 13.5 Å². The predicted octanol–water partition coefficient (Wildman–Crippen LogP) is 3.98. The number of hydrogen-bond donors (Lipinski definition) is 1. The number of rotatable bonds is 4. The maximum Gasteiger partial charge on any atom is 0.387 e. The van der Waals surface area contributed by atoms with Gasteiger partial charge in [-0.2, -0.15) is 8.78 Å². The molecule has 3 nitrogen and oxygen atoms in total. The van der Waals surface area contributed by atoms with E-state index in [1.54, 1.807) is 12.1 Å². The summed E-state index contributed by atoms with van der Waals surface area (Å²) in [5, 5.41) is 3.67. The summed E-state index contributed by atoms with van der Waals surface area (Å²) in [6, 6.07) is 5.99. The Hall–Kier alpha value is -1.07. The molecule has 1 aromatic carbocycles. The van der Waals surface area contributed by atoms with Crippen LogP contribution in [-0.4, -0.2) is 36.7 Å². The van der Waals surface area contributed by atoms with Crippen LogP contribution in [0.2, 0.25) is 5.02 Å². The lowest BCUT2D eigenvalue weighted by Crippen LogP contribution is -2.42. The molecule has 2 atom stereocenters. The third-order valence-electron chi connectivity index (χ3n) is 4.34. The summed E-state index contributed by atoms with van der Waals surface area (Å²) in [5.74, 6) is 0.0165. The minimum atomic E-state index is -2.85. The highest BCUT2D eigenvalue weighted by Gasteiger charge is 2.31. The Kier molecular flexibility index (Phi) is 4.50. The van der Waals surface area contributed by atoms with Gasteiger partial charge in [0.2, 0.25) is 0 Å². The topological polar surface area (TPSA) is 24.5 Å². The number of alkyl halides is 2. The van der Waals surface area contributed by atoms with Gasteiger partial charge in [0, 0.05) is 24.3 Å². The molecule has 0 amide bonds. The number of hydrogen-bond acceptors (Lipinski definition) is 3. The van der Waals surface area contributed by atoms with Crippen LogP contribution in [0.3, 0.4) is 0 Å². The Morgan fingerprint density at radius 3 is 2.90 bits per heavy atom. The average Bonchev–Trinajstić information content (AvgIpc) is 2.89. The highest BCUT2D eigenvalue weighted by Crippen LogP contribution is 2.32. The third kappa shape index (κ3) is 3.58. The van der Waals surface area contributed by atoms with E-state index in [0.717, 1.165) is 25.1 Å². The van der Waals surface area contributed by atoms with Crippen LogP contribution in [0.1, 0.15) is 25.7 Å². The highest BCUT2D eigenvalue weighted by molar-refractivity contribution is 6.32. The Bertz CT molecular complexity index is 501. The number of nitrogens with zero attached hydrogens (tertiary/aromatic N) is 1. The Labute approximate surface area is 128 Å². The summed E-state index contributed by atoms with van der Waals surface area (Å²) < 4.78 is 28.7. The number of ether oxygens (including phenoxy) is 1. The Balaban J connectivity index is 1.61. The number of benzene rings is 1. The summed E-state index contributed by atoms with van der Waals surface area (Å²) in [4.78, 5) is 2.56. The SMILES string of the molecule is FC(F)Oc1ccc(NC2CCN3CCCC3C2)cc1Cl. The molecule has 2 unspecified atom stereocenters. The molecule has 3 rings (SSSR count). The Morgan fingerprint density at radius 2 is 2.14 bits per heavy atom. The van der Waals surface area contributed by atoms with E-state index in [2.05, 4.69) is 15.0 Å². The van der Waals surface area contributed by atoms with Crippen LogP contribution in [-0.2, 0) is 0 Å². The lowest BCUT2D eigenvalue weighted by atomic mass is 9.97. The molecular weight excluding hydrogens is 298 g/mol. The zero-order chi connectivity index (χ0) is 14.8. The maximum atomic E-state index is 12.2. The van der Waals surface area contributed by atoms with Crippen LogP contribution >= 0.6 is 11.6 Å². The van der Waals surface area contributed by atoms with Gasteiger partial charge >= 0.3 is 6.61 Å². The number of fused-ring (bicyclic) bond motifs is 1. The van der Waals surface area contributed by atoms with Crippen LogP contribution in [0.5, 0.6) is 5.75 Å². The molecular formula is C15H19ClF2N2O. The summed E-state index contributed by atoms with van der Waals surface area (Å²) in [5.41, 5.74) is 0.859. The number of halogens is 3. The molecule has 0 bridgehead atoms. The van der Waals surface area contributed by atoms with Crippen molar-refractivity contribution in [3.05, 3.63) is 23.2 Å². The zero-order valence-electron chi connectivity index (χ0n) is 11.7. The van der Waals surface area contributed by atoms with Crippen LogP contribution in [0, 0.1) is 0 Å². The predicted molar refractivity (Wildman–Crippen MR) is 79.3 cm³/mol. The Morgan fingerprint density at radius 1 is 1.29 bits per heavy atom.